The lowest BCUT2D eigenvalue weighted by molar-refractivity contribution is -0.150. The van der Waals surface area contributed by atoms with Gasteiger partial charge in [-0.15, -0.1) is 0 Å². The van der Waals surface area contributed by atoms with E-state index in [0.717, 1.165) is 51.2 Å². The monoisotopic (exact) mass is 280 g/mol. The van der Waals surface area contributed by atoms with Gasteiger partial charge in [0.05, 0.1) is 17.3 Å². The van der Waals surface area contributed by atoms with E-state index in [1.807, 2.05) is 24.0 Å². The minimum Gasteiger partial charge on any atom is -0.381 e. The Morgan fingerprint density at radius 2 is 2.25 bits per heavy atom. The van der Waals surface area contributed by atoms with E-state index in [1.165, 1.54) is 0 Å². The fourth-order valence-corrected chi connectivity index (χ4v) is 3.59. The molecular formula is C14H24N4O2. The summed E-state index contributed by atoms with van der Waals surface area (Å²) in [5, 5.41) is 4.25. The van der Waals surface area contributed by atoms with Crippen LogP contribution in [0, 0.1) is 5.92 Å². The Morgan fingerprint density at radius 1 is 1.45 bits per heavy atom. The van der Waals surface area contributed by atoms with E-state index < -0.39 is 0 Å². The second-order valence-corrected chi connectivity index (χ2v) is 5.92. The minimum absolute atomic E-state index is 0.00510. The normalized spacial score (nSPS) is 27.6. The van der Waals surface area contributed by atoms with Gasteiger partial charge in [-0.3, -0.25) is 16.0 Å². The highest BCUT2D eigenvalue weighted by molar-refractivity contribution is 5.09. The predicted octanol–water partition coefficient (Wildman–Crippen LogP) is 0.900. The first-order chi connectivity index (χ1) is 9.74. The third-order valence-corrected chi connectivity index (χ3v) is 4.76. The summed E-state index contributed by atoms with van der Waals surface area (Å²) in [7, 11) is 1.96. The van der Waals surface area contributed by atoms with Gasteiger partial charge in [-0.1, -0.05) is 0 Å². The molecule has 2 fully saturated rings. The molecule has 6 heteroatoms. The summed E-state index contributed by atoms with van der Waals surface area (Å²) in [6.45, 7) is 2.42. The van der Waals surface area contributed by atoms with Crippen molar-refractivity contribution < 1.29 is 9.47 Å². The van der Waals surface area contributed by atoms with E-state index in [9.17, 15) is 0 Å². The minimum atomic E-state index is -0.00510. The molecule has 3 N–H and O–H groups in total. The molecule has 0 amide bonds. The number of nitrogens with zero attached hydrogens (tertiary/aromatic N) is 2. The molecule has 0 aliphatic carbocycles. The number of nitrogens with two attached hydrogens (primary N) is 1. The standard InChI is InChI=1S/C14H24N4O2/c1-18-12(2-6-16-18)13(17-15)11-3-7-20-14(10-11)4-8-19-9-5-14/h2,6,11,13,17H,3-5,7-10,15H2,1H3. The average molecular weight is 280 g/mol. The van der Waals surface area contributed by atoms with Crippen LogP contribution in [0.15, 0.2) is 12.3 Å². The highest BCUT2D eigenvalue weighted by atomic mass is 16.5. The van der Waals surface area contributed by atoms with Crippen LogP contribution < -0.4 is 11.3 Å². The van der Waals surface area contributed by atoms with Gasteiger partial charge in [-0.25, -0.2) is 0 Å². The smallest absolute Gasteiger partial charge is 0.0729 e. The van der Waals surface area contributed by atoms with Gasteiger partial charge in [-0.2, -0.15) is 5.10 Å². The van der Waals surface area contributed by atoms with Gasteiger partial charge >= 0.3 is 0 Å². The van der Waals surface area contributed by atoms with Crippen LogP contribution >= 0.6 is 0 Å². The molecular weight excluding hydrogens is 256 g/mol. The number of rotatable bonds is 3. The molecule has 1 aromatic heterocycles. The lowest BCUT2D eigenvalue weighted by Crippen LogP contribution is -2.48. The van der Waals surface area contributed by atoms with Crippen LogP contribution in [0.3, 0.4) is 0 Å². The zero-order valence-electron chi connectivity index (χ0n) is 12.0. The molecule has 1 spiro atoms. The zero-order chi connectivity index (χ0) is 14.0. The number of hydrazine groups is 1. The van der Waals surface area contributed by atoms with Crippen LogP contribution in [0.1, 0.15) is 37.4 Å². The first kappa shape index (κ1) is 14.0. The molecule has 2 saturated heterocycles. The Labute approximate surface area is 119 Å². The topological polar surface area (TPSA) is 74.3 Å². The van der Waals surface area contributed by atoms with Crippen molar-refractivity contribution in [2.45, 2.75) is 37.3 Å². The van der Waals surface area contributed by atoms with Gasteiger partial charge in [0.2, 0.25) is 0 Å². The van der Waals surface area contributed by atoms with Gasteiger partial charge in [0, 0.05) is 33.1 Å². The lowest BCUT2D eigenvalue weighted by Gasteiger charge is -2.45. The summed E-state index contributed by atoms with van der Waals surface area (Å²) < 4.78 is 13.5. The molecule has 1 aromatic rings. The van der Waals surface area contributed by atoms with E-state index >= 15 is 0 Å². The maximum Gasteiger partial charge on any atom is 0.0729 e. The van der Waals surface area contributed by atoms with E-state index in [0.29, 0.717) is 5.92 Å². The molecule has 0 saturated carbocycles. The maximum atomic E-state index is 6.11. The first-order valence-electron chi connectivity index (χ1n) is 7.40. The summed E-state index contributed by atoms with van der Waals surface area (Å²) in [6.07, 6.45) is 5.88. The fraction of sp³-hybridized carbons (Fsp3) is 0.786. The highest BCUT2D eigenvalue weighted by Gasteiger charge is 2.41. The first-order valence-corrected chi connectivity index (χ1v) is 7.40. The van der Waals surface area contributed by atoms with Gasteiger partial charge < -0.3 is 9.47 Å². The van der Waals surface area contributed by atoms with Crippen LogP contribution in [0.4, 0.5) is 0 Å². The van der Waals surface area contributed by atoms with Crippen molar-refractivity contribution in [2.75, 3.05) is 19.8 Å². The summed E-state index contributed by atoms with van der Waals surface area (Å²) in [6, 6.07) is 2.17. The summed E-state index contributed by atoms with van der Waals surface area (Å²) in [5.74, 6) is 6.30. The van der Waals surface area contributed by atoms with E-state index in [-0.39, 0.29) is 11.6 Å². The number of aromatic nitrogens is 2. The average Bonchev–Trinajstić information content (AvgIpc) is 2.87. The second-order valence-electron chi connectivity index (χ2n) is 5.92. The number of nitrogens with one attached hydrogen (secondary N) is 1. The summed E-state index contributed by atoms with van der Waals surface area (Å²) in [5.41, 5.74) is 4.12. The van der Waals surface area contributed by atoms with Crippen LogP contribution in [-0.2, 0) is 16.5 Å². The summed E-state index contributed by atoms with van der Waals surface area (Å²) in [4.78, 5) is 0. The Bertz CT molecular complexity index is 437. The van der Waals surface area contributed by atoms with Crippen LogP contribution in [0.5, 0.6) is 0 Å². The molecule has 112 valence electrons. The van der Waals surface area contributed by atoms with E-state index in [1.54, 1.807) is 0 Å². The quantitative estimate of drug-likeness (QED) is 0.635. The van der Waals surface area contributed by atoms with E-state index in [4.69, 9.17) is 15.3 Å². The van der Waals surface area contributed by atoms with Crippen LogP contribution in [0.25, 0.3) is 0 Å². The molecule has 2 aliphatic rings. The molecule has 3 heterocycles. The largest absolute Gasteiger partial charge is 0.381 e. The molecule has 2 unspecified atom stereocenters. The molecule has 20 heavy (non-hydrogen) atoms. The molecule has 2 aliphatic heterocycles. The van der Waals surface area contributed by atoms with Gasteiger partial charge in [0.1, 0.15) is 0 Å². The molecule has 0 radical (unpaired) electrons. The molecule has 6 nitrogen and oxygen atoms in total. The fourth-order valence-electron chi connectivity index (χ4n) is 3.59. The van der Waals surface area contributed by atoms with Crippen molar-refractivity contribution >= 4 is 0 Å². The third-order valence-electron chi connectivity index (χ3n) is 4.76. The third kappa shape index (κ3) is 2.61. The Kier molecular flexibility index (Phi) is 4.07. The van der Waals surface area contributed by atoms with Crippen LogP contribution in [-0.4, -0.2) is 35.2 Å². The number of ether oxygens (including phenoxy) is 2. The van der Waals surface area contributed by atoms with Crippen molar-refractivity contribution in [1.29, 1.82) is 0 Å². The number of aryl methyl sites for hydroxylation is 1. The van der Waals surface area contributed by atoms with Crippen molar-refractivity contribution in [3.05, 3.63) is 18.0 Å². The van der Waals surface area contributed by atoms with Crippen molar-refractivity contribution in [2.24, 2.45) is 18.8 Å². The SMILES string of the molecule is Cn1nccc1C(NN)C1CCOC2(CCOCC2)C1. The maximum absolute atomic E-state index is 6.11. The number of hydrogen-bond donors (Lipinski definition) is 2. The second kappa shape index (κ2) is 5.81. The number of hydrogen-bond acceptors (Lipinski definition) is 5. The predicted molar refractivity (Wildman–Crippen MR) is 74.7 cm³/mol. The van der Waals surface area contributed by atoms with Gasteiger partial charge in [0.15, 0.2) is 0 Å². The van der Waals surface area contributed by atoms with Crippen molar-refractivity contribution in [1.82, 2.24) is 15.2 Å². The molecule has 0 bridgehead atoms. The van der Waals surface area contributed by atoms with Crippen LogP contribution in [0.2, 0.25) is 0 Å². The highest BCUT2D eigenvalue weighted by Crippen LogP contribution is 2.41. The molecule has 2 atom stereocenters. The van der Waals surface area contributed by atoms with Gasteiger partial charge in [-0.05, 0) is 37.7 Å². The van der Waals surface area contributed by atoms with E-state index in [2.05, 4.69) is 10.5 Å². The molecule has 3 rings (SSSR count). The molecule has 0 aromatic carbocycles. The van der Waals surface area contributed by atoms with Crippen molar-refractivity contribution in [3.63, 3.8) is 0 Å². The Hall–Kier alpha value is -0.950. The Morgan fingerprint density at radius 3 is 2.90 bits per heavy atom. The Balaban J connectivity index is 1.76. The summed E-state index contributed by atoms with van der Waals surface area (Å²) >= 11 is 0. The lowest BCUT2D eigenvalue weighted by atomic mass is 9.77. The zero-order valence-corrected chi connectivity index (χ0v) is 12.0. The van der Waals surface area contributed by atoms with Crippen molar-refractivity contribution in [3.8, 4) is 0 Å². The van der Waals surface area contributed by atoms with Gasteiger partial charge in [0.25, 0.3) is 0 Å².